The van der Waals surface area contributed by atoms with Gasteiger partial charge in [-0.15, -0.1) is 0 Å². The molecule has 0 saturated heterocycles. The van der Waals surface area contributed by atoms with Gasteiger partial charge in [-0.1, -0.05) is 29.8 Å². The summed E-state index contributed by atoms with van der Waals surface area (Å²) in [6.45, 7) is 0. The zero-order valence-electron chi connectivity index (χ0n) is 8.11. The van der Waals surface area contributed by atoms with Crippen LogP contribution in [0.2, 0.25) is 5.02 Å². The van der Waals surface area contributed by atoms with Gasteiger partial charge in [0.1, 0.15) is 11.0 Å². The van der Waals surface area contributed by atoms with Crippen LogP contribution < -0.4 is 0 Å². The molecule has 2 aromatic heterocycles. The van der Waals surface area contributed by atoms with Crippen LogP contribution in [0.25, 0.3) is 21.9 Å². The SMILES string of the molecule is Cn1cc2nc3ccccc3c(Cl)c2n1. The van der Waals surface area contributed by atoms with Crippen LogP contribution in [0.1, 0.15) is 0 Å². The molecule has 0 amide bonds. The Morgan fingerprint density at radius 3 is 2.87 bits per heavy atom. The number of halogens is 1. The van der Waals surface area contributed by atoms with Gasteiger partial charge >= 0.3 is 0 Å². The van der Waals surface area contributed by atoms with Crippen LogP contribution in [0.4, 0.5) is 0 Å². The Kier molecular flexibility index (Phi) is 1.70. The molecule has 0 aliphatic rings. The van der Waals surface area contributed by atoms with Crippen LogP contribution in [0.5, 0.6) is 0 Å². The Bertz CT molecular complexity index is 657. The molecule has 0 saturated carbocycles. The van der Waals surface area contributed by atoms with Crippen LogP contribution in [-0.2, 0) is 7.05 Å². The lowest BCUT2D eigenvalue weighted by molar-refractivity contribution is 0.779. The van der Waals surface area contributed by atoms with E-state index in [1.807, 2.05) is 37.5 Å². The molecule has 0 radical (unpaired) electrons. The van der Waals surface area contributed by atoms with Crippen LogP contribution in [0.3, 0.4) is 0 Å². The van der Waals surface area contributed by atoms with Crippen molar-refractivity contribution in [2.75, 3.05) is 0 Å². The summed E-state index contributed by atoms with van der Waals surface area (Å²) in [7, 11) is 1.86. The van der Waals surface area contributed by atoms with E-state index in [0.717, 1.165) is 21.9 Å². The van der Waals surface area contributed by atoms with Crippen molar-refractivity contribution in [3.05, 3.63) is 35.5 Å². The number of aryl methyl sites for hydroxylation is 1. The van der Waals surface area contributed by atoms with Crippen LogP contribution in [-0.4, -0.2) is 14.8 Å². The summed E-state index contributed by atoms with van der Waals surface area (Å²) in [4.78, 5) is 4.49. The van der Waals surface area contributed by atoms with Gasteiger partial charge in [-0.3, -0.25) is 4.68 Å². The van der Waals surface area contributed by atoms with Gasteiger partial charge in [0.2, 0.25) is 0 Å². The van der Waals surface area contributed by atoms with E-state index in [9.17, 15) is 0 Å². The molecule has 0 aliphatic carbocycles. The lowest BCUT2D eigenvalue weighted by Crippen LogP contribution is -1.85. The quantitative estimate of drug-likeness (QED) is 0.580. The third-order valence-corrected chi connectivity index (χ3v) is 2.78. The third kappa shape index (κ3) is 1.20. The van der Waals surface area contributed by atoms with Crippen LogP contribution >= 0.6 is 11.6 Å². The summed E-state index contributed by atoms with van der Waals surface area (Å²) >= 11 is 6.27. The smallest absolute Gasteiger partial charge is 0.130 e. The maximum atomic E-state index is 6.27. The molecule has 0 unspecified atom stereocenters. The summed E-state index contributed by atoms with van der Waals surface area (Å²) in [5.74, 6) is 0. The zero-order valence-corrected chi connectivity index (χ0v) is 8.86. The van der Waals surface area contributed by atoms with Crippen molar-refractivity contribution in [1.82, 2.24) is 14.8 Å². The fraction of sp³-hybridized carbons (Fsp3) is 0.0909. The first-order valence-electron chi connectivity index (χ1n) is 4.63. The largest absolute Gasteiger partial charge is 0.273 e. The Morgan fingerprint density at radius 1 is 1.20 bits per heavy atom. The fourth-order valence-electron chi connectivity index (χ4n) is 1.73. The second kappa shape index (κ2) is 2.94. The van der Waals surface area contributed by atoms with E-state index >= 15 is 0 Å². The first-order chi connectivity index (χ1) is 7.25. The molecule has 1 aromatic carbocycles. The van der Waals surface area contributed by atoms with Gasteiger partial charge in [0.25, 0.3) is 0 Å². The minimum atomic E-state index is 0.677. The van der Waals surface area contributed by atoms with Crippen molar-refractivity contribution in [3.63, 3.8) is 0 Å². The Balaban J connectivity index is 2.58. The summed E-state index contributed by atoms with van der Waals surface area (Å²) in [5.41, 5.74) is 2.50. The number of para-hydroxylation sites is 1. The molecule has 3 nitrogen and oxygen atoms in total. The predicted octanol–water partition coefficient (Wildman–Crippen LogP) is 2.77. The van der Waals surface area contributed by atoms with E-state index in [0.29, 0.717) is 5.02 Å². The van der Waals surface area contributed by atoms with Crippen molar-refractivity contribution in [2.45, 2.75) is 0 Å². The first-order valence-corrected chi connectivity index (χ1v) is 5.01. The van der Waals surface area contributed by atoms with Crippen LogP contribution in [0.15, 0.2) is 30.5 Å². The molecule has 0 fully saturated rings. The highest BCUT2D eigenvalue weighted by Crippen LogP contribution is 2.28. The molecule has 2 heterocycles. The summed E-state index contributed by atoms with van der Waals surface area (Å²) in [6.07, 6.45) is 1.87. The normalized spacial score (nSPS) is 11.3. The minimum Gasteiger partial charge on any atom is -0.273 e. The van der Waals surface area contributed by atoms with E-state index in [4.69, 9.17) is 11.6 Å². The first kappa shape index (κ1) is 8.68. The molecule has 0 atom stereocenters. The lowest BCUT2D eigenvalue weighted by atomic mass is 10.2. The van der Waals surface area contributed by atoms with Gasteiger partial charge in [0.15, 0.2) is 0 Å². The second-order valence-electron chi connectivity index (χ2n) is 3.48. The van der Waals surface area contributed by atoms with Gasteiger partial charge < -0.3 is 0 Å². The zero-order chi connectivity index (χ0) is 10.4. The molecular formula is C11H8ClN3. The Hall–Kier alpha value is -1.61. The highest BCUT2D eigenvalue weighted by molar-refractivity contribution is 6.39. The topological polar surface area (TPSA) is 30.7 Å². The predicted molar refractivity (Wildman–Crippen MR) is 61.0 cm³/mol. The molecule has 0 bridgehead atoms. The number of hydrogen-bond acceptors (Lipinski definition) is 2. The maximum Gasteiger partial charge on any atom is 0.130 e. The second-order valence-corrected chi connectivity index (χ2v) is 3.86. The number of aromatic nitrogens is 3. The average molecular weight is 218 g/mol. The number of nitrogens with zero attached hydrogens (tertiary/aromatic N) is 3. The van der Waals surface area contributed by atoms with Crippen molar-refractivity contribution >= 4 is 33.5 Å². The Morgan fingerprint density at radius 2 is 2.00 bits per heavy atom. The van der Waals surface area contributed by atoms with Crippen molar-refractivity contribution < 1.29 is 0 Å². The fourth-order valence-corrected chi connectivity index (χ4v) is 2.02. The molecule has 0 N–H and O–H groups in total. The minimum absolute atomic E-state index is 0.677. The summed E-state index contributed by atoms with van der Waals surface area (Å²) in [5, 5.41) is 5.91. The molecule has 0 spiro atoms. The molecule has 74 valence electrons. The molecular weight excluding hydrogens is 210 g/mol. The van der Waals surface area contributed by atoms with E-state index in [2.05, 4.69) is 10.1 Å². The molecule has 0 aliphatic heterocycles. The van der Waals surface area contributed by atoms with E-state index in [1.54, 1.807) is 4.68 Å². The average Bonchev–Trinajstić information content (AvgIpc) is 2.59. The highest BCUT2D eigenvalue weighted by atomic mass is 35.5. The van der Waals surface area contributed by atoms with E-state index < -0.39 is 0 Å². The number of rotatable bonds is 0. The van der Waals surface area contributed by atoms with Gasteiger partial charge in [0, 0.05) is 12.4 Å². The number of hydrogen-bond donors (Lipinski definition) is 0. The van der Waals surface area contributed by atoms with Gasteiger partial charge in [-0.2, -0.15) is 5.10 Å². The van der Waals surface area contributed by atoms with Gasteiger partial charge in [-0.25, -0.2) is 4.98 Å². The van der Waals surface area contributed by atoms with Gasteiger partial charge in [-0.05, 0) is 6.07 Å². The standard InChI is InChI=1S/C11H8ClN3/c1-15-6-9-11(14-15)10(12)7-4-2-3-5-8(7)13-9/h2-6H,1H3. The number of benzene rings is 1. The molecule has 15 heavy (non-hydrogen) atoms. The van der Waals surface area contributed by atoms with E-state index in [1.165, 1.54) is 0 Å². The third-order valence-electron chi connectivity index (χ3n) is 2.40. The summed E-state index contributed by atoms with van der Waals surface area (Å²) < 4.78 is 1.72. The molecule has 4 heteroatoms. The molecule has 3 rings (SSSR count). The van der Waals surface area contributed by atoms with Crippen molar-refractivity contribution in [1.29, 1.82) is 0 Å². The van der Waals surface area contributed by atoms with Gasteiger partial charge in [0.05, 0.1) is 16.7 Å². The van der Waals surface area contributed by atoms with Crippen LogP contribution in [0, 0.1) is 0 Å². The Labute approximate surface area is 91.3 Å². The van der Waals surface area contributed by atoms with Crippen molar-refractivity contribution in [3.8, 4) is 0 Å². The highest BCUT2D eigenvalue weighted by Gasteiger charge is 2.09. The number of pyridine rings is 1. The number of fused-ring (bicyclic) bond motifs is 2. The maximum absolute atomic E-state index is 6.27. The molecule has 3 aromatic rings. The summed E-state index contributed by atoms with van der Waals surface area (Å²) in [6, 6.07) is 7.81. The lowest BCUT2D eigenvalue weighted by Gasteiger charge is -1.99. The van der Waals surface area contributed by atoms with E-state index in [-0.39, 0.29) is 0 Å². The monoisotopic (exact) mass is 217 g/mol. The van der Waals surface area contributed by atoms with Crippen molar-refractivity contribution in [2.24, 2.45) is 7.05 Å².